The van der Waals surface area contributed by atoms with E-state index in [4.69, 9.17) is 0 Å². The number of benzene rings is 1. The van der Waals surface area contributed by atoms with Crippen molar-refractivity contribution < 1.29 is 0 Å². The average Bonchev–Trinajstić information content (AvgIpc) is 2.87. The summed E-state index contributed by atoms with van der Waals surface area (Å²) in [7, 11) is 1.95. The van der Waals surface area contributed by atoms with Crippen molar-refractivity contribution in [3.05, 3.63) is 42.2 Å². The number of hydrogen-bond acceptors (Lipinski definition) is 2. The highest BCUT2D eigenvalue weighted by Gasteiger charge is 2.14. The number of halogens is 2. The summed E-state index contributed by atoms with van der Waals surface area (Å²) in [6, 6.07) is 9.42. The van der Waals surface area contributed by atoms with Gasteiger partial charge in [0, 0.05) is 24.8 Å². The quantitative estimate of drug-likeness (QED) is 0.915. The second-order valence-electron chi connectivity index (χ2n) is 5.03. The smallest absolute Gasteiger partial charge is 0.0568 e. The molecule has 1 N–H and O–H groups in total. The van der Waals surface area contributed by atoms with Gasteiger partial charge < -0.3 is 5.32 Å². The van der Waals surface area contributed by atoms with Crippen LogP contribution in [0.15, 0.2) is 36.7 Å². The number of aryl methyl sites for hydroxylation is 1. The Morgan fingerprint density at radius 3 is 2.40 bits per heavy atom. The normalized spacial score (nSPS) is 17.9. The topological polar surface area (TPSA) is 29.9 Å². The summed E-state index contributed by atoms with van der Waals surface area (Å²) >= 11 is 0. The van der Waals surface area contributed by atoms with Crippen LogP contribution in [-0.4, -0.2) is 16.3 Å². The van der Waals surface area contributed by atoms with Crippen LogP contribution in [0, 0.1) is 0 Å². The first-order chi connectivity index (χ1) is 8.83. The molecule has 0 spiro atoms. The Morgan fingerprint density at radius 1 is 1.10 bits per heavy atom. The van der Waals surface area contributed by atoms with Crippen LogP contribution < -0.4 is 5.32 Å². The molecule has 0 bridgehead atoms. The van der Waals surface area contributed by atoms with Crippen molar-refractivity contribution in [2.75, 3.05) is 6.54 Å². The minimum absolute atomic E-state index is 0. The third-order valence-electron chi connectivity index (χ3n) is 3.66. The zero-order chi connectivity index (χ0) is 12.4. The lowest BCUT2D eigenvalue weighted by Crippen LogP contribution is -2.26. The highest BCUT2D eigenvalue weighted by atomic mass is 35.5. The number of aromatic nitrogens is 2. The molecule has 3 nitrogen and oxygen atoms in total. The maximum Gasteiger partial charge on any atom is 0.0568 e. The van der Waals surface area contributed by atoms with E-state index in [2.05, 4.69) is 34.7 Å². The molecule has 1 unspecified atom stereocenters. The van der Waals surface area contributed by atoms with Crippen LogP contribution in [0.1, 0.15) is 30.9 Å². The van der Waals surface area contributed by atoms with Gasteiger partial charge in [0.05, 0.1) is 6.20 Å². The highest BCUT2D eigenvalue weighted by Crippen LogP contribution is 2.25. The molecule has 20 heavy (non-hydrogen) atoms. The molecular weight excluding hydrogens is 293 g/mol. The molecule has 1 aromatic heterocycles. The van der Waals surface area contributed by atoms with Gasteiger partial charge in [0.25, 0.3) is 0 Å². The molecule has 1 saturated heterocycles. The van der Waals surface area contributed by atoms with Crippen LogP contribution in [0.4, 0.5) is 0 Å². The first-order valence-corrected chi connectivity index (χ1v) is 6.65. The molecule has 1 aliphatic rings. The minimum atomic E-state index is 0. The van der Waals surface area contributed by atoms with Gasteiger partial charge in [0.1, 0.15) is 0 Å². The van der Waals surface area contributed by atoms with Gasteiger partial charge in [-0.05, 0) is 30.5 Å². The standard InChI is InChI=1S/C15H19N3.2ClH/c1-18-11-14(10-17-18)12-5-7-13(8-6-12)15-4-2-3-9-16-15;;/h5-8,10-11,15-16H,2-4,9H2,1H3;2*1H. The van der Waals surface area contributed by atoms with E-state index >= 15 is 0 Å². The SMILES string of the molecule is Cl.Cl.Cn1cc(-c2ccc(C3CCCCN3)cc2)cn1. The van der Waals surface area contributed by atoms with Crippen LogP contribution in [0.2, 0.25) is 0 Å². The van der Waals surface area contributed by atoms with Gasteiger partial charge >= 0.3 is 0 Å². The molecule has 110 valence electrons. The predicted octanol–water partition coefficient (Wildman–Crippen LogP) is 3.75. The van der Waals surface area contributed by atoms with E-state index in [9.17, 15) is 0 Å². The second kappa shape index (κ2) is 7.67. The zero-order valence-electron chi connectivity index (χ0n) is 11.6. The molecule has 0 aliphatic carbocycles. The summed E-state index contributed by atoms with van der Waals surface area (Å²) in [5.41, 5.74) is 3.82. The van der Waals surface area contributed by atoms with Gasteiger partial charge in [-0.2, -0.15) is 5.10 Å². The van der Waals surface area contributed by atoms with Crippen molar-refractivity contribution in [3.8, 4) is 11.1 Å². The van der Waals surface area contributed by atoms with E-state index in [0.717, 1.165) is 6.54 Å². The van der Waals surface area contributed by atoms with Crippen molar-refractivity contribution in [3.63, 3.8) is 0 Å². The molecule has 1 fully saturated rings. The molecule has 1 aliphatic heterocycles. The van der Waals surface area contributed by atoms with Crippen LogP contribution in [0.3, 0.4) is 0 Å². The van der Waals surface area contributed by atoms with E-state index in [-0.39, 0.29) is 24.8 Å². The van der Waals surface area contributed by atoms with Crippen LogP contribution >= 0.6 is 24.8 Å². The van der Waals surface area contributed by atoms with Crippen molar-refractivity contribution >= 4 is 24.8 Å². The molecule has 1 aromatic carbocycles. The van der Waals surface area contributed by atoms with E-state index < -0.39 is 0 Å². The fourth-order valence-electron chi connectivity index (χ4n) is 2.61. The average molecular weight is 314 g/mol. The van der Waals surface area contributed by atoms with Crippen molar-refractivity contribution in [1.29, 1.82) is 0 Å². The predicted molar refractivity (Wildman–Crippen MR) is 87.7 cm³/mol. The summed E-state index contributed by atoms with van der Waals surface area (Å²) in [4.78, 5) is 0. The van der Waals surface area contributed by atoms with Gasteiger partial charge in [-0.1, -0.05) is 30.7 Å². The Kier molecular flexibility index (Phi) is 6.53. The first kappa shape index (κ1) is 17.0. The van der Waals surface area contributed by atoms with E-state index in [0.29, 0.717) is 6.04 Å². The Hall–Kier alpha value is -1.03. The van der Waals surface area contributed by atoms with Crippen molar-refractivity contribution in [2.45, 2.75) is 25.3 Å². The van der Waals surface area contributed by atoms with Crippen LogP contribution in [-0.2, 0) is 7.05 Å². The number of rotatable bonds is 2. The maximum absolute atomic E-state index is 4.21. The van der Waals surface area contributed by atoms with Crippen LogP contribution in [0.5, 0.6) is 0 Å². The van der Waals surface area contributed by atoms with Gasteiger partial charge in [0.15, 0.2) is 0 Å². The lowest BCUT2D eigenvalue weighted by atomic mass is 9.96. The largest absolute Gasteiger partial charge is 0.310 e. The van der Waals surface area contributed by atoms with E-state index in [1.165, 1.54) is 36.0 Å². The molecule has 0 radical (unpaired) electrons. The van der Waals surface area contributed by atoms with Crippen LogP contribution in [0.25, 0.3) is 11.1 Å². The Bertz CT molecular complexity index is 516. The molecule has 0 amide bonds. The van der Waals surface area contributed by atoms with Crippen molar-refractivity contribution in [2.24, 2.45) is 7.05 Å². The number of piperidine rings is 1. The van der Waals surface area contributed by atoms with Gasteiger partial charge in [0.2, 0.25) is 0 Å². The molecule has 1 atom stereocenters. The molecular formula is C15H21Cl2N3. The third-order valence-corrected chi connectivity index (χ3v) is 3.66. The minimum Gasteiger partial charge on any atom is -0.310 e. The Balaban J connectivity index is 0.000001000. The summed E-state index contributed by atoms with van der Waals surface area (Å²) in [6.45, 7) is 1.15. The first-order valence-electron chi connectivity index (χ1n) is 6.65. The second-order valence-corrected chi connectivity index (χ2v) is 5.03. The Morgan fingerprint density at radius 2 is 1.85 bits per heavy atom. The molecule has 5 heteroatoms. The molecule has 2 aromatic rings. The van der Waals surface area contributed by atoms with Gasteiger partial charge in [-0.3, -0.25) is 4.68 Å². The summed E-state index contributed by atoms with van der Waals surface area (Å²) in [5, 5.41) is 7.79. The van der Waals surface area contributed by atoms with Crippen molar-refractivity contribution in [1.82, 2.24) is 15.1 Å². The molecule has 3 rings (SSSR count). The summed E-state index contributed by atoms with van der Waals surface area (Å²) < 4.78 is 1.84. The fourth-order valence-corrected chi connectivity index (χ4v) is 2.61. The zero-order valence-corrected chi connectivity index (χ0v) is 13.2. The number of nitrogens with zero attached hydrogens (tertiary/aromatic N) is 2. The van der Waals surface area contributed by atoms with Gasteiger partial charge in [-0.15, -0.1) is 24.8 Å². The maximum atomic E-state index is 4.21. The summed E-state index contributed by atoms with van der Waals surface area (Å²) in [6.07, 6.45) is 7.86. The lowest BCUT2D eigenvalue weighted by Gasteiger charge is -2.23. The monoisotopic (exact) mass is 313 g/mol. The van der Waals surface area contributed by atoms with Gasteiger partial charge in [-0.25, -0.2) is 0 Å². The molecule has 2 heterocycles. The summed E-state index contributed by atoms with van der Waals surface area (Å²) in [5.74, 6) is 0. The number of nitrogens with one attached hydrogen (secondary N) is 1. The fraction of sp³-hybridized carbons (Fsp3) is 0.400. The number of hydrogen-bond donors (Lipinski definition) is 1. The molecule has 0 saturated carbocycles. The van der Waals surface area contributed by atoms with E-state index in [1.54, 1.807) is 0 Å². The lowest BCUT2D eigenvalue weighted by molar-refractivity contribution is 0.412. The van der Waals surface area contributed by atoms with E-state index in [1.807, 2.05) is 24.1 Å². The highest BCUT2D eigenvalue weighted by molar-refractivity contribution is 5.85. The Labute approximate surface area is 132 Å². The third kappa shape index (κ3) is 3.75.